The molecule has 2 rings (SSSR count). The van der Waals surface area contributed by atoms with Crippen molar-refractivity contribution < 1.29 is 17.9 Å². The van der Waals surface area contributed by atoms with Gasteiger partial charge in [0.05, 0.1) is 16.5 Å². The van der Waals surface area contributed by atoms with E-state index < -0.39 is 16.1 Å². The number of nitriles is 1. The number of hydrogen-bond acceptors (Lipinski definition) is 5. The molecule has 26 heavy (non-hydrogen) atoms. The Kier molecular flexibility index (Phi) is 6.33. The average Bonchev–Trinajstić information content (AvgIpc) is 2.67. The van der Waals surface area contributed by atoms with Crippen LogP contribution in [0.1, 0.15) is 18.1 Å². The number of hydrogen-bond donors (Lipinski definition) is 2. The van der Waals surface area contributed by atoms with Gasteiger partial charge in [0, 0.05) is 6.54 Å². The summed E-state index contributed by atoms with van der Waals surface area (Å²) in [5.41, 5.74) is 1.28. The van der Waals surface area contributed by atoms with Gasteiger partial charge in [0.15, 0.2) is 6.10 Å². The van der Waals surface area contributed by atoms with E-state index in [9.17, 15) is 13.2 Å². The lowest BCUT2D eigenvalue weighted by atomic mass is 10.2. The first kappa shape index (κ1) is 19.4. The molecule has 8 heteroatoms. The molecule has 0 aromatic heterocycles. The van der Waals surface area contributed by atoms with Gasteiger partial charge in [0.2, 0.25) is 10.0 Å². The first-order chi connectivity index (χ1) is 12.4. The van der Waals surface area contributed by atoms with Crippen LogP contribution >= 0.6 is 0 Å². The molecule has 7 nitrogen and oxygen atoms in total. The van der Waals surface area contributed by atoms with Crippen LogP contribution in [-0.4, -0.2) is 27.5 Å². The zero-order chi connectivity index (χ0) is 19.2. The summed E-state index contributed by atoms with van der Waals surface area (Å²) >= 11 is 0. The van der Waals surface area contributed by atoms with Gasteiger partial charge in [-0.25, -0.2) is 13.1 Å². The van der Waals surface area contributed by atoms with Crippen LogP contribution in [0.3, 0.4) is 0 Å². The fraction of sp³-hybridized carbons (Fsp3) is 0.222. The SMILES string of the molecule is CNS(=O)(=O)c1ccc(CNC(=O)C(C)Oc2ccc(C#N)cc2)cc1. The highest BCUT2D eigenvalue weighted by molar-refractivity contribution is 7.89. The van der Waals surface area contributed by atoms with Gasteiger partial charge in [-0.2, -0.15) is 5.26 Å². The molecule has 0 saturated carbocycles. The van der Waals surface area contributed by atoms with Crippen molar-refractivity contribution in [3.05, 3.63) is 59.7 Å². The highest BCUT2D eigenvalue weighted by Crippen LogP contribution is 2.14. The first-order valence-corrected chi connectivity index (χ1v) is 9.31. The quantitative estimate of drug-likeness (QED) is 0.765. The summed E-state index contributed by atoms with van der Waals surface area (Å²) in [6.45, 7) is 1.87. The topological polar surface area (TPSA) is 108 Å². The van der Waals surface area contributed by atoms with Gasteiger partial charge in [0.1, 0.15) is 5.75 Å². The lowest BCUT2D eigenvalue weighted by Crippen LogP contribution is -2.35. The van der Waals surface area contributed by atoms with Gasteiger partial charge in [-0.05, 0) is 55.9 Å². The Hall–Kier alpha value is -2.89. The van der Waals surface area contributed by atoms with Crippen molar-refractivity contribution in [2.45, 2.75) is 24.5 Å². The molecule has 1 atom stereocenters. The minimum atomic E-state index is -3.48. The monoisotopic (exact) mass is 373 g/mol. The molecule has 0 spiro atoms. The second-order valence-electron chi connectivity index (χ2n) is 5.47. The van der Waals surface area contributed by atoms with Crippen LogP contribution in [0.15, 0.2) is 53.4 Å². The van der Waals surface area contributed by atoms with Crippen molar-refractivity contribution in [1.82, 2.24) is 10.0 Å². The molecule has 0 aliphatic carbocycles. The van der Waals surface area contributed by atoms with Crippen molar-refractivity contribution in [1.29, 1.82) is 5.26 Å². The molecule has 2 aromatic rings. The molecule has 2 aromatic carbocycles. The summed E-state index contributed by atoms with van der Waals surface area (Å²) in [6, 6.07) is 14.7. The molecule has 0 heterocycles. The van der Waals surface area contributed by atoms with Gasteiger partial charge in [-0.3, -0.25) is 4.79 Å². The van der Waals surface area contributed by atoms with Crippen molar-refractivity contribution >= 4 is 15.9 Å². The van der Waals surface area contributed by atoms with Crippen molar-refractivity contribution in [2.75, 3.05) is 7.05 Å². The first-order valence-electron chi connectivity index (χ1n) is 7.83. The normalized spacial score (nSPS) is 12.0. The third-order valence-electron chi connectivity index (χ3n) is 3.63. The molecule has 0 saturated heterocycles. The van der Waals surface area contributed by atoms with Crippen LogP contribution < -0.4 is 14.8 Å². The lowest BCUT2D eigenvalue weighted by molar-refractivity contribution is -0.127. The summed E-state index contributed by atoms with van der Waals surface area (Å²) in [6.07, 6.45) is -0.716. The highest BCUT2D eigenvalue weighted by Gasteiger charge is 2.15. The third kappa shape index (κ3) is 5.05. The van der Waals surface area contributed by atoms with Gasteiger partial charge in [-0.15, -0.1) is 0 Å². The number of carbonyl (C=O) groups excluding carboxylic acids is 1. The molecule has 0 bridgehead atoms. The maximum Gasteiger partial charge on any atom is 0.261 e. The molecule has 2 N–H and O–H groups in total. The van der Waals surface area contributed by atoms with E-state index in [0.717, 1.165) is 5.56 Å². The Morgan fingerprint density at radius 1 is 1.15 bits per heavy atom. The second-order valence-corrected chi connectivity index (χ2v) is 7.35. The van der Waals surface area contributed by atoms with Crippen LogP contribution in [0.4, 0.5) is 0 Å². The predicted octanol–water partition coefficient (Wildman–Crippen LogP) is 1.55. The Balaban J connectivity index is 1.90. The number of amides is 1. The third-order valence-corrected chi connectivity index (χ3v) is 5.06. The second kappa shape index (κ2) is 8.47. The summed E-state index contributed by atoms with van der Waals surface area (Å²) in [4.78, 5) is 12.3. The van der Waals surface area contributed by atoms with Crippen molar-refractivity contribution in [3.63, 3.8) is 0 Å². The molecular formula is C18H19N3O4S. The number of nitrogens with one attached hydrogen (secondary N) is 2. The van der Waals surface area contributed by atoms with Crippen LogP contribution in [-0.2, 0) is 21.4 Å². The van der Waals surface area contributed by atoms with E-state index in [1.165, 1.54) is 19.2 Å². The fourth-order valence-corrected chi connectivity index (χ4v) is 2.83. The lowest BCUT2D eigenvalue weighted by Gasteiger charge is -2.15. The van der Waals surface area contributed by atoms with E-state index in [1.807, 2.05) is 6.07 Å². The van der Waals surface area contributed by atoms with Gasteiger partial charge >= 0.3 is 0 Å². The maximum atomic E-state index is 12.1. The number of rotatable bonds is 7. The van der Waals surface area contributed by atoms with Gasteiger partial charge < -0.3 is 10.1 Å². The Bertz CT molecular complexity index is 901. The van der Waals surface area contributed by atoms with Crippen LogP contribution in [0.5, 0.6) is 5.75 Å². The highest BCUT2D eigenvalue weighted by atomic mass is 32.2. The summed E-state index contributed by atoms with van der Waals surface area (Å²) in [5.74, 6) is 0.189. The molecule has 0 radical (unpaired) electrons. The summed E-state index contributed by atoms with van der Waals surface area (Å²) < 4.78 is 31.1. The zero-order valence-corrected chi connectivity index (χ0v) is 15.2. The molecule has 0 aliphatic rings. The molecule has 0 fully saturated rings. The average molecular weight is 373 g/mol. The minimum Gasteiger partial charge on any atom is -0.481 e. The van der Waals surface area contributed by atoms with Crippen LogP contribution in [0.2, 0.25) is 0 Å². The summed E-state index contributed by atoms with van der Waals surface area (Å²) in [5, 5.41) is 11.5. The smallest absolute Gasteiger partial charge is 0.261 e. The minimum absolute atomic E-state index is 0.160. The zero-order valence-electron chi connectivity index (χ0n) is 14.4. The Morgan fingerprint density at radius 2 is 1.77 bits per heavy atom. The Morgan fingerprint density at radius 3 is 2.31 bits per heavy atom. The number of benzene rings is 2. The van der Waals surface area contributed by atoms with E-state index >= 15 is 0 Å². The van der Waals surface area contributed by atoms with E-state index in [1.54, 1.807) is 43.3 Å². The van der Waals surface area contributed by atoms with E-state index in [0.29, 0.717) is 11.3 Å². The number of ether oxygens (including phenoxy) is 1. The Labute approximate surface area is 152 Å². The maximum absolute atomic E-state index is 12.1. The number of sulfonamides is 1. The molecule has 136 valence electrons. The molecule has 1 amide bonds. The van der Waals surface area contributed by atoms with Gasteiger partial charge in [0.25, 0.3) is 5.91 Å². The predicted molar refractivity (Wildman–Crippen MR) is 95.8 cm³/mol. The molecule has 1 unspecified atom stereocenters. The van der Waals surface area contributed by atoms with Crippen molar-refractivity contribution in [2.24, 2.45) is 0 Å². The fourth-order valence-electron chi connectivity index (χ4n) is 2.10. The van der Waals surface area contributed by atoms with Crippen LogP contribution in [0.25, 0.3) is 0 Å². The van der Waals surface area contributed by atoms with Gasteiger partial charge in [-0.1, -0.05) is 12.1 Å². The molecule has 0 aliphatic heterocycles. The summed E-state index contributed by atoms with van der Waals surface area (Å²) in [7, 11) is -2.13. The van der Waals surface area contributed by atoms with Crippen molar-refractivity contribution in [3.8, 4) is 11.8 Å². The van der Waals surface area contributed by atoms with Crippen LogP contribution in [0, 0.1) is 11.3 Å². The number of nitrogens with zero attached hydrogens (tertiary/aromatic N) is 1. The molecular weight excluding hydrogens is 354 g/mol. The standard InChI is InChI=1S/C18H19N3O4S/c1-13(25-16-7-3-14(11-19)4-8-16)18(22)21-12-15-5-9-17(10-6-15)26(23,24)20-2/h3-10,13,20H,12H2,1-2H3,(H,21,22). The van der Waals surface area contributed by atoms with E-state index in [2.05, 4.69) is 10.0 Å². The largest absolute Gasteiger partial charge is 0.481 e. The number of carbonyl (C=O) groups is 1. The van der Waals surface area contributed by atoms with E-state index in [-0.39, 0.29) is 17.3 Å². The van der Waals surface area contributed by atoms with E-state index in [4.69, 9.17) is 10.00 Å².